The van der Waals surface area contributed by atoms with Crippen LogP contribution in [0.15, 0.2) is 10.6 Å². The molecule has 0 aliphatic heterocycles. The summed E-state index contributed by atoms with van der Waals surface area (Å²) in [5.74, 6) is 0.955. The fourth-order valence-electron chi connectivity index (χ4n) is 1.78. The van der Waals surface area contributed by atoms with E-state index in [2.05, 4.69) is 5.16 Å². The zero-order chi connectivity index (χ0) is 9.80. The summed E-state index contributed by atoms with van der Waals surface area (Å²) in [6.45, 7) is -0.124. The highest BCUT2D eigenvalue weighted by Gasteiger charge is 2.16. The Bertz CT molecular complexity index is 279. The summed E-state index contributed by atoms with van der Waals surface area (Å²) in [5, 5.41) is 12.5. The predicted octanol–water partition coefficient (Wildman–Crippen LogP) is 1.88. The Hall–Kier alpha value is -1.03. The van der Waals surface area contributed by atoms with E-state index >= 15 is 0 Å². The van der Waals surface area contributed by atoms with Crippen molar-refractivity contribution in [1.82, 2.24) is 5.16 Å². The Balaban J connectivity index is 1.89. The molecule has 1 aliphatic rings. The Labute approximate surface area is 82.9 Å². The molecule has 4 heteroatoms. The van der Waals surface area contributed by atoms with Gasteiger partial charge in [0.15, 0.2) is 5.76 Å². The molecule has 0 saturated heterocycles. The summed E-state index contributed by atoms with van der Waals surface area (Å²) in [4.78, 5) is 0. The third kappa shape index (κ3) is 2.26. The van der Waals surface area contributed by atoms with Crippen molar-refractivity contribution in [3.05, 3.63) is 11.8 Å². The van der Waals surface area contributed by atoms with Gasteiger partial charge in [-0.2, -0.15) is 0 Å². The number of hydrogen-bond donors (Lipinski definition) is 1. The predicted molar refractivity (Wildman–Crippen MR) is 49.9 cm³/mol. The molecule has 1 heterocycles. The lowest BCUT2D eigenvalue weighted by Crippen LogP contribution is -2.19. The Morgan fingerprint density at radius 2 is 2.21 bits per heavy atom. The van der Waals surface area contributed by atoms with Crippen molar-refractivity contribution in [3.63, 3.8) is 0 Å². The van der Waals surface area contributed by atoms with E-state index in [1.807, 2.05) is 0 Å². The van der Waals surface area contributed by atoms with Gasteiger partial charge in [0.25, 0.3) is 5.88 Å². The third-order valence-corrected chi connectivity index (χ3v) is 2.53. The van der Waals surface area contributed by atoms with Crippen molar-refractivity contribution in [2.24, 2.45) is 0 Å². The van der Waals surface area contributed by atoms with E-state index in [0.29, 0.717) is 11.6 Å². The Morgan fingerprint density at radius 3 is 2.86 bits per heavy atom. The number of hydrogen-bond acceptors (Lipinski definition) is 4. The molecule has 0 radical (unpaired) electrons. The molecule has 1 aliphatic carbocycles. The zero-order valence-corrected chi connectivity index (χ0v) is 8.11. The van der Waals surface area contributed by atoms with Crippen molar-refractivity contribution < 1.29 is 14.4 Å². The average molecular weight is 197 g/mol. The normalized spacial score (nSPS) is 18.4. The molecule has 1 aromatic heterocycles. The van der Waals surface area contributed by atoms with Crippen LogP contribution in [0.25, 0.3) is 0 Å². The molecule has 1 fully saturated rings. The first-order valence-corrected chi connectivity index (χ1v) is 5.11. The van der Waals surface area contributed by atoms with Crippen LogP contribution < -0.4 is 4.74 Å². The average Bonchev–Trinajstić information content (AvgIpc) is 2.67. The molecule has 0 atom stereocenters. The maximum absolute atomic E-state index is 8.77. The van der Waals surface area contributed by atoms with Gasteiger partial charge in [0, 0.05) is 6.07 Å². The van der Waals surface area contributed by atoms with E-state index < -0.39 is 0 Å². The number of aliphatic hydroxyl groups excluding tert-OH is 1. The Morgan fingerprint density at radius 1 is 1.43 bits per heavy atom. The minimum Gasteiger partial charge on any atom is -0.472 e. The van der Waals surface area contributed by atoms with Gasteiger partial charge >= 0.3 is 0 Å². The zero-order valence-electron chi connectivity index (χ0n) is 8.11. The SMILES string of the molecule is OCc1cc(OC2CCCCC2)no1. The van der Waals surface area contributed by atoms with Crippen LogP contribution in [0, 0.1) is 0 Å². The van der Waals surface area contributed by atoms with Crippen molar-refractivity contribution in [2.75, 3.05) is 0 Å². The van der Waals surface area contributed by atoms with Crippen LogP contribution >= 0.6 is 0 Å². The fraction of sp³-hybridized carbons (Fsp3) is 0.700. The number of nitrogens with zero attached hydrogens (tertiary/aromatic N) is 1. The van der Waals surface area contributed by atoms with Crippen LogP contribution in [0.5, 0.6) is 5.88 Å². The van der Waals surface area contributed by atoms with Gasteiger partial charge in [-0.15, -0.1) is 0 Å². The van der Waals surface area contributed by atoms with E-state index in [1.165, 1.54) is 19.3 Å². The monoisotopic (exact) mass is 197 g/mol. The van der Waals surface area contributed by atoms with Gasteiger partial charge in [-0.05, 0) is 30.8 Å². The molecular weight excluding hydrogens is 182 g/mol. The van der Waals surface area contributed by atoms with Gasteiger partial charge in [-0.1, -0.05) is 6.42 Å². The van der Waals surface area contributed by atoms with E-state index in [-0.39, 0.29) is 12.7 Å². The molecule has 2 rings (SSSR count). The standard InChI is InChI=1S/C10H15NO3/c12-7-9-6-10(11-14-9)13-8-4-2-1-3-5-8/h6,8,12H,1-5,7H2. The second-order valence-corrected chi connectivity index (χ2v) is 3.67. The molecule has 78 valence electrons. The quantitative estimate of drug-likeness (QED) is 0.803. The molecule has 0 amide bonds. The lowest BCUT2D eigenvalue weighted by atomic mass is 9.98. The van der Waals surface area contributed by atoms with Crippen LogP contribution in [0.4, 0.5) is 0 Å². The minimum atomic E-state index is -0.124. The molecule has 0 aromatic carbocycles. The second kappa shape index (κ2) is 4.46. The van der Waals surface area contributed by atoms with Gasteiger partial charge in [-0.3, -0.25) is 0 Å². The summed E-state index contributed by atoms with van der Waals surface area (Å²) in [6, 6.07) is 1.65. The summed E-state index contributed by atoms with van der Waals surface area (Å²) in [5.41, 5.74) is 0. The molecule has 4 nitrogen and oxygen atoms in total. The van der Waals surface area contributed by atoms with Gasteiger partial charge in [-0.25, -0.2) is 0 Å². The maximum atomic E-state index is 8.77. The highest BCUT2D eigenvalue weighted by atomic mass is 16.5. The maximum Gasteiger partial charge on any atom is 0.254 e. The van der Waals surface area contributed by atoms with Crippen LogP contribution in [-0.2, 0) is 6.61 Å². The topological polar surface area (TPSA) is 55.5 Å². The number of ether oxygens (including phenoxy) is 1. The third-order valence-electron chi connectivity index (χ3n) is 2.53. The summed E-state index contributed by atoms with van der Waals surface area (Å²) in [6.07, 6.45) is 6.24. The van der Waals surface area contributed by atoms with Crippen molar-refractivity contribution in [3.8, 4) is 5.88 Å². The minimum absolute atomic E-state index is 0.124. The van der Waals surface area contributed by atoms with E-state index in [0.717, 1.165) is 12.8 Å². The summed E-state index contributed by atoms with van der Waals surface area (Å²) >= 11 is 0. The van der Waals surface area contributed by atoms with Crippen LogP contribution in [-0.4, -0.2) is 16.4 Å². The van der Waals surface area contributed by atoms with Gasteiger partial charge in [0.2, 0.25) is 0 Å². The number of rotatable bonds is 3. The molecule has 1 N–H and O–H groups in total. The highest BCUT2D eigenvalue weighted by Crippen LogP contribution is 2.22. The first-order valence-electron chi connectivity index (χ1n) is 5.11. The highest BCUT2D eigenvalue weighted by molar-refractivity contribution is 5.10. The van der Waals surface area contributed by atoms with E-state index in [9.17, 15) is 0 Å². The molecule has 1 saturated carbocycles. The number of aliphatic hydroxyl groups is 1. The van der Waals surface area contributed by atoms with Crippen molar-refractivity contribution in [1.29, 1.82) is 0 Å². The van der Waals surface area contributed by atoms with Gasteiger partial charge in [0.05, 0.1) is 0 Å². The van der Waals surface area contributed by atoms with Crippen molar-refractivity contribution in [2.45, 2.75) is 44.8 Å². The molecule has 0 bridgehead atoms. The lowest BCUT2D eigenvalue weighted by molar-refractivity contribution is 0.140. The summed E-state index contributed by atoms with van der Waals surface area (Å²) in [7, 11) is 0. The smallest absolute Gasteiger partial charge is 0.254 e. The fourth-order valence-corrected chi connectivity index (χ4v) is 1.78. The molecule has 0 unspecified atom stereocenters. The number of aromatic nitrogens is 1. The first-order chi connectivity index (χ1) is 6.88. The molecule has 14 heavy (non-hydrogen) atoms. The van der Waals surface area contributed by atoms with Crippen LogP contribution in [0.3, 0.4) is 0 Å². The van der Waals surface area contributed by atoms with E-state index in [1.54, 1.807) is 6.07 Å². The van der Waals surface area contributed by atoms with Crippen LogP contribution in [0.2, 0.25) is 0 Å². The van der Waals surface area contributed by atoms with Gasteiger partial charge < -0.3 is 14.4 Å². The second-order valence-electron chi connectivity index (χ2n) is 3.67. The first kappa shape index (κ1) is 9.52. The molecule has 0 spiro atoms. The lowest BCUT2D eigenvalue weighted by Gasteiger charge is -2.21. The summed E-state index contributed by atoms with van der Waals surface area (Å²) < 4.78 is 10.5. The molecular formula is C10H15NO3. The van der Waals surface area contributed by atoms with Crippen LogP contribution in [0.1, 0.15) is 37.9 Å². The largest absolute Gasteiger partial charge is 0.472 e. The Kier molecular flexibility index (Phi) is 3.03. The van der Waals surface area contributed by atoms with Crippen molar-refractivity contribution >= 4 is 0 Å². The van der Waals surface area contributed by atoms with E-state index in [4.69, 9.17) is 14.4 Å². The molecule has 1 aromatic rings. The van der Waals surface area contributed by atoms with Gasteiger partial charge in [0.1, 0.15) is 12.7 Å².